The maximum absolute atomic E-state index is 12.0. The average molecular weight is 409 g/mol. The second kappa shape index (κ2) is 9.03. The van der Waals surface area contributed by atoms with Gasteiger partial charge in [-0.1, -0.05) is 15.9 Å². The zero-order valence-electron chi connectivity index (χ0n) is 13.5. The molecule has 132 valence electrons. The quantitative estimate of drug-likeness (QED) is 0.686. The third kappa shape index (κ3) is 6.07. The molecular formula is C17H17BrN2O5. The summed E-state index contributed by atoms with van der Waals surface area (Å²) in [4.78, 5) is 35.3. The minimum absolute atomic E-state index is 0.0532. The monoisotopic (exact) mass is 408 g/mol. The third-order valence-electron chi connectivity index (χ3n) is 3.15. The highest BCUT2D eigenvalue weighted by Gasteiger charge is 2.18. The number of furan rings is 1. The van der Waals surface area contributed by atoms with Crippen molar-refractivity contribution in [1.82, 2.24) is 5.32 Å². The van der Waals surface area contributed by atoms with E-state index >= 15 is 0 Å². The van der Waals surface area contributed by atoms with Crippen LogP contribution in [0, 0.1) is 0 Å². The van der Waals surface area contributed by atoms with Crippen molar-refractivity contribution in [2.24, 2.45) is 0 Å². The maximum Gasteiger partial charge on any atom is 0.308 e. The Morgan fingerprint density at radius 3 is 2.56 bits per heavy atom. The van der Waals surface area contributed by atoms with E-state index in [0.717, 1.165) is 4.47 Å². The molecule has 2 rings (SSSR count). The predicted octanol–water partition coefficient (Wildman–Crippen LogP) is 2.73. The third-order valence-corrected chi connectivity index (χ3v) is 3.68. The first-order chi connectivity index (χ1) is 12.0. The van der Waals surface area contributed by atoms with Crippen molar-refractivity contribution in [3.63, 3.8) is 0 Å². The van der Waals surface area contributed by atoms with Crippen LogP contribution < -0.4 is 10.6 Å². The van der Waals surface area contributed by atoms with Crippen LogP contribution in [0.3, 0.4) is 0 Å². The number of rotatable bonds is 7. The van der Waals surface area contributed by atoms with Gasteiger partial charge in [-0.2, -0.15) is 0 Å². The van der Waals surface area contributed by atoms with Crippen LogP contribution in [0.5, 0.6) is 0 Å². The highest BCUT2D eigenvalue weighted by molar-refractivity contribution is 9.10. The van der Waals surface area contributed by atoms with E-state index in [4.69, 9.17) is 9.15 Å². The molecule has 2 N–H and O–H groups in total. The Balaban J connectivity index is 1.71. The van der Waals surface area contributed by atoms with Crippen LogP contribution in [0.1, 0.15) is 23.9 Å². The summed E-state index contributed by atoms with van der Waals surface area (Å²) in [6, 6.07) is 10.1. The van der Waals surface area contributed by atoms with Gasteiger partial charge in [0.15, 0.2) is 11.9 Å². The lowest BCUT2D eigenvalue weighted by atomic mass is 10.3. The summed E-state index contributed by atoms with van der Waals surface area (Å²) in [7, 11) is 0. The van der Waals surface area contributed by atoms with Gasteiger partial charge in [0.25, 0.3) is 11.8 Å². The van der Waals surface area contributed by atoms with Gasteiger partial charge in [-0.15, -0.1) is 0 Å². The van der Waals surface area contributed by atoms with Crippen LogP contribution >= 0.6 is 15.9 Å². The first-order valence-electron chi connectivity index (χ1n) is 7.53. The molecule has 0 saturated carbocycles. The van der Waals surface area contributed by atoms with Gasteiger partial charge in [0.2, 0.25) is 0 Å². The molecule has 1 atom stereocenters. The predicted molar refractivity (Wildman–Crippen MR) is 94.0 cm³/mol. The summed E-state index contributed by atoms with van der Waals surface area (Å²) in [5.74, 6) is -1.28. The first-order valence-corrected chi connectivity index (χ1v) is 8.32. The largest absolute Gasteiger partial charge is 0.459 e. The molecule has 0 spiro atoms. The average Bonchev–Trinajstić information content (AvgIpc) is 3.11. The number of halogens is 1. The molecule has 0 bridgehead atoms. The van der Waals surface area contributed by atoms with E-state index < -0.39 is 23.9 Å². The normalized spacial score (nSPS) is 11.4. The Kier molecular flexibility index (Phi) is 6.76. The lowest BCUT2D eigenvalue weighted by Crippen LogP contribution is -2.32. The van der Waals surface area contributed by atoms with Crippen LogP contribution in [0.15, 0.2) is 51.6 Å². The fraction of sp³-hybridized carbons (Fsp3) is 0.235. The molecule has 8 heteroatoms. The fourth-order valence-corrected chi connectivity index (χ4v) is 2.12. The topological polar surface area (TPSA) is 97.6 Å². The highest BCUT2D eigenvalue weighted by atomic mass is 79.9. The van der Waals surface area contributed by atoms with Gasteiger partial charge in [-0.05, 0) is 43.3 Å². The number of ether oxygens (including phenoxy) is 1. The fourth-order valence-electron chi connectivity index (χ4n) is 1.86. The zero-order chi connectivity index (χ0) is 18.2. The summed E-state index contributed by atoms with van der Waals surface area (Å²) < 4.78 is 10.9. The van der Waals surface area contributed by atoms with E-state index in [1.807, 2.05) is 0 Å². The number of benzene rings is 1. The van der Waals surface area contributed by atoms with E-state index in [-0.39, 0.29) is 18.7 Å². The summed E-state index contributed by atoms with van der Waals surface area (Å²) in [6.07, 6.45) is 0.383. The summed E-state index contributed by atoms with van der Waals surface area (Å²) >= 11 is 3.30. The molecule has 0 radical (unpaired) electrons. The summed E-state index contributed by atoms with van der Waals surface area (Å²) in [5, 5.41) is 5.17. The second-order valence-electron chi connectivity index (χ2n) is 5.11. The molecule has 0 saturated heterocycles. The molecule has 1 unspecified atom stereocenters. The lowest BCUT2D eigenvalue weighted by Gasteiger charge is -2.13. The Morgan fingerprint density at radius 2 is 1.92 bits per heavy atom. The first kappa shape index (κ1) is 18.7. The highest BCUT2D eigenvalue weighted by Crippen LogP contribution is 2.14. The van der Waals surface area contributed by atoms with Gasteiger partial charge < -0.3 is 19.8 Å². The zero-order valence-corrected chi connectivity index (χ0v) is 15.0. The Hall–Kier alpha value is -2.61. The van der Waals surface area contributed by atoms with E-state index in [9.17, 15) is 14.4 Å². The number of nitrogens with one attached hydrogen (secondary N) is 2. The van der Waals surface area contributed by atoms with Crippen molar-refractivity contribution < 1.29 is 23.5 Å². The van der Waals surface area contributed by atoms with Crippen molar-refractivity contribution in [2.45, 2.75) is 19.4 Å². The van der Waals surface area contributed by atoms with Crippen LogP contribution in [0.25, 0.3) is 0 Å². The van der Waals surface area contributed by atoms with Crippen molar-refractivity contribution >= 4 is 39.4 Å². The van der Waals surface area contributed by atoms with E-state index in [2.05, 4.69) is 26.6 Å². The standard InChI is InChI=1S/C17H17BrN2O5/c1-11(16(22)20-13-6-4-12(18)5-7-13)25-15(21)8-9-19-17(23)14-3-2-10-24-14/h2-7,10-11H,8-9H2,1H3,(H,19,23)(H,20,22). The van der Waals surface area contributed by atoms with Crippen LogP contribution in [-0.2, 0) is 14.3 Å². The smallest absolute Gasteiger partial charge is 0.308 e. The van der Waals surface area contributed by atoms with Gasteiger partial charge >= 0.3 is 5.97 Å². The molecule has 0 aliphatic rings. The van der Waals surface area contributed by atoms with Gasteiger partial charge in [-0.3, -0.25) is 14.4 Å². The van der Waals surface area contributed by atoms with Gasteiger partial charge in [-0.25, -0.2) is 0 Å². The minimum atomic E-state index is -0.947. The van der Waals surface area contributed by atoms with E-state index in [1.54, 1.807) is 30.3 Å². The van der Waals surface area contributed by atoms with Gasteiger partial charge in [0.1, 0.15) is 0 Å². The number of esters is 1. The molecule has 7 nitrogen and oxygen atoms in total. The second-order valence-corrected chi connectivity index (χ2v) is 6.03. The van der Waals surface area contributed by atoms with Crippen molar-refractivity contribution in [3.05, 3.63) is 52.9 Å². The number of carbonyl (C=O) groups excluding carboxylic acids is 3. The molecule has 0 fully saturated rings. The number of anilines is 1. The van der Waals surface area contributed by atoms with Crippen molar-refractivity contribution in [3.8, 4) is 0 Å². The number of amides is 2. The van der Waals surface area contributed by atoms with Crippen molar-refractivity contribution in [1.29, 1.82) is 0 Å². The Bertz CT molecular complexity index is 728. The van der Waals surface area contributed by atoms with Crippen molar-refractivity contribution in [2.75, 3.05) is 11.9 Å². The summed E-state index contributed by atoms with van der Waals surface area (Å²) in [5.41, 5.74) is 0.599. The van der Waals surface area contributed by atoms with Gasteiger partial charge in [0.05, 0.1) is 12.7 Å². The van der Waals surface area contributed by atoms with Crippen LogP contribution in [-0.4, -0.2) is 30.4 Å². The molecule has 1 heterocycles. The molecule has 2 amide bonds. The minimum Gasteiger partial charge on any atom is -0.459 e. The summed E-state index contributed by atoms with van der Waals surface area (Å²) in [6.45, 7) is 1.56. The molecule has 1 aromatic carbocycles. The molecule has 0 aliphatic heterocycles. The Morgan fingerprint density at radius 1 is 1.20 bits per heavy atom. The number of hydrogen-bond donors (Lipinski definition) is 2. The van der Waals surface area contributed by atoms with Crippen LogP contribution in [0.4, 0.5) is 5.69 Å². The SMILES string of the molecule is CC(OC(=O)CCNC(=O)c1ccco1)C(=O)Nc1ccc(Br)cc1. The van der Waals surface area contributed by atoms with Crippen LogP contribution in [0.2, 0.25) is 0 Å². The molecule has 2 aromatic rings. The molecule has 0 aliphatic carbocycles. The van der Waals surface area contributed by atoms with E-state index in [1.165, 1.54) is 19.3 Å². The Labute approximate surface area is 152 Å². The number of hydrogen-bond acceptors (Lipinski definition) is 5. The molecule has 1 aromatic heterocycles. The molecular weight excluding hydrogens is 392 g/mol. The van der Waals surface area contributed by atoms with E-state index in [0.29, 0.717) is 5.69 Å². The molecule has 25 heavy (non-hydrogen) atoms. The van der Waals surface area contributed by atoms with Gasteiger partial charge in [0, 0.05) is 16.7 Å². The maximum atomic E-state index is 12.0. The lowest BCUT2D eigenvalue weighted by molar-refractivity contribution is -0.153. The number of carbonyl (C=O) groups is 3.